The third-order valence-corrected chi connectivity index (χ3v) is 6.60. The first-order valence-corrected chi connectivity index (χ1v) is 11.4. The maximum atomic E-state index is 12.7. The molecule has 0 spiro atoms. The summed E-state index contributed by atoms with van der Waals surface area (Å²) in [4.78, 5) is 15.2. The van der Waals surface area contributed by atoms with Gasteiger partial charge in [-0.25, -0.2) is 0 Å². The fourth-order valence-electron chi connectivity index (χ4n) is 4.98. The van der Waals surface area contributed by atoms with Gasteiger partial charge >= 0.3 is 0 Å². The highest BCUT2D eigenvalue weighted by Crippen LogP contribution is 2.28. The van der Waals surface area contributed by atoms with Gasteiger partial charge in [-0.3, -0.25) is 9.69 Å². The molecule has 1 atom stereocenters. The lowest BCUT2D eigenvalue weighted by Gasteiger charge is -2.31. The van der Waals surface area contributed by atoms with E-state index in [1.807, 2.05) is 30.3 Å². The van der Waals surface area contributed by atoms with Gasteiger partial charge in [0, 0.05) is 31.1 Å². The van der Waals surface area contributed by atoms with Gasteiger partial charge in [0.25, 0.3) is 5.91 Å². The average Bonchev–Trinajstić information content (AvgIpc) is 3.46. The number of amides is 1. The fourth-order valence-corrected chi connectivity index (χ4v) is 4.98. The van der Waals surface area contributed by atoms with Crippen molar-refractivity contribution >= 4 is 5.91 Å². The molecular weight excluding hydrogens is 402 g/mol. The Morgan fingerprint density at radius 3 is 2.75 bits per heavy atom. The van der Waals surface area contributed by atoms with Gasteiger partial charge in [0.15, 0.2) is 0 Å². The second-order valence-corrected chi connectivity index (χ2v) is 8.89. The second-order valence-electron chi connectivity index (χ2n) is 8.89. The van der Waals surface area contributed by atoms with Crippen molar-refractivity contribution in [3.05, 3.63) is 82.7 Å². The second kappa shape index (κ2) is 9.17. The molecule has 1 saturated heterocycles. The van der Waals surface area contributed by atoms with Crippen LogP contribution in [0.15, 0.2) is 59.1 Å². The molecule has 3 aromatic rings. The van der Waals surface area contributed by atoms with E-state index >= 15 is 0 Å². The monoisotopic (exact) mass is 431 g/mol. The van der Waals surface area contributed by atoms with E-state index in [-0.39, 0.29) is 17.9 Å². The molecule has 1 unspecified atom stereocenters. The van der Waals surface area contributed by atoms with Crippen LogP contribution in [0.5, 0.6) is 5.75 Å². The van der Waals surface area contributed by atoms with E-state index < -0.39 is 0 Å². The van der Waals surface area contributed by atoms with Gasteiger partial charge in [0.2, 0.25) is 5.76 Å². The number of nitrogens with one attached hydrogen (secondary N) is 1. The van der Waals surface area contributed by atoms with Gasteiger partial charge in [-0.05, 0) is 61.1 Å². The summed E-state index contributed by atoms with van der Waals surface area (Å²) in [6, 6.07) is 18.5. The smallest absolute Gasteiger partial charge is 0.290 e. The molecule has 32 heavy (non-hydrogen) atoms. The number of carbonyl (C=O) groups excluding carboxylic acids is 1. The van der Waals surface area contributed by atoms with Crippen LogP contribution >= 0.6 is 0 Å². The lowest BCUT2D eigenvalue weighted by molar-refractivity contribution is 0.0901. The number of methoxy groups -OCH3 is 1. The molecule has 0 radical (unpaired) electrons. The quantitative estimate of drug-likeness (QED) is 0.640. The Bertz CT molecular complexity index is 1070. The number of rotatable bonds is 6. The number of carbonyl (C=O) groups is 1. The van der Waals surface area contributed by atoms with Crippen molar-refractivity contribution in [1.82, 2.24) is 15.4 Å². The van der Waals surface area contributed by atoms with Gasteiger partial charge in [-0.2, -0.15) is 0 Å². The summed E-state index contributed by atoms with van der Waals surface area (Å²) in [5.41, 5.74) is 4.74. The van der Waals surface area contributed by atoms with Gasteiger partial charge in [-0.15, -0.1) is 0 Å². The molecule has 6 nitrogen and oxygen atoms in total. The Hall–Kier alpha value is -3.12. The van der Waals surface area contributed by atoms with Crippen LogP contribution in [-0.4, -0.2) is 42.2 Å². The predicted octanol–water partition coefficient (Wildman–Crippen LogP) is 3.96. The standard InChI is InChI=1S/C26H29N3O3/c1-31-23-10-4-6-18(12-23)16-29-11-5-9-21(17-29)24-15-25(32-28-24)26(30)27-22-13-19-7-2-3-8-20(19)14-22/h2-4,6-8,10,12,15,21-22H,5,9,11,13-14,16-17H2,1H3,(H,27,30). The lowest BCUT2D eigenvalue weighted by Crippen LogP contribution is -2.35. The van der Waals surface area contributed by atoms with Crippen LogP contribution in [0.3, 0.4) is 0 Å². The molecule has 1 fully saturated rings. The molecule has 2 aromatic carbocycles. The molecule has 1 aliphatic heterocycles. The Labute approximate surface area is 188 Å². The van der Waals surface area contributed by atoms with Crippen molar-refractivity contribution in [2.75, 3.05) is 20.2 Å². The molecular formula is C26H29N3O3. The third-order valence-electron chi connectivity index (χ3n) is 6.60. The highest BCUT2D eigenvalue weighted by Gasteiger charge is 2.27. The molecule has 1 aliphatic carbocycles. The molecule has 0 bridgehead atoms. The molecule has 0 saturated carbocycles. The number of aromatic nitrogens is 1. The molecule has 2 aliphatic rings. The van der Waals surface area contributed by atoms with Crippen LogP contribution in [0.1, 0.15) is 51.7 Å². The van der Waals surface area contributed by atoms with Crippen LogP contribution in [0, 0.1) is 0 Å². The topological polar surface area (TPSA) is 67.6 Å². The summed E-state index contributed by atoms with van der Waals surface area (Å²) in [5.74, 6) is 1.29. The zero-order chi connectivity index (χ0) is 21.9. The molecule has 1 N–H and O–H groups in total. The molecule has 6 heteroatoms. The number of ether oxygens (including phenoxy) is 1. The number of fused-ring (bicyclic) bond motifs is 1. The van der Waals surface area contributed by atoms with Gasteiger partial charge in [0.05, 0.1) is 12.8 Å². The van der Waals surface area contributed by atoms with E-state index in [4.69, 9.17) is 9.26 Å². The lowest BCUT2D eigenvalue weighted by atomic mass is 9.94. The molecule has 2 heterocycles. The fraction of sp³-hybridized carbons (Fsp3) is 0.385. The van der Waals surface area contributed by atoms with E-state index in [2.05, 4.69) is 39.6 Å². The summed E-state index contributed by atoms with van der Waals surface area (Å²) < 4.78 is 10.8. The summed E-state index contributed by atoms with van der Waals surface area (Å²) in [5, 5.41) is 7.38. The number of hydrogen-bond acceptors (Lipinski definition) is 5. The van der Waals surface area contributed by atoms with Gasteiger partial charge < -0.3 is 14.6 Å². The van der Waals surface area contributed by atoms with Gasteiger partial charge in [-0.1, -0.05) is 41.6 Å². The minimum atomic E-state index is -0.175. The Morgan fingerprint density at radius 1 is 1.16 bits per heavy atom. The van der Waals surface area contributed by atoms with Crippen LogP contribution in [-0.2, 0) is 19.4 Å². The normalized spacial score (nSPS) is 19.0. The van der Waals surface area contributed by atoms with Crippen LogP contribution in [0.2, 0.25) is 0 Å². The maximum Gasteiger partial charge on any atom is 0.290 e. The van der Waals surface area contributed by atoms with Crippen molar-refractivity contribution in [2.45, 2.75) is 44.2 Å². The largest absolute Gasteiger partial charge is 0.497 e. The number of benzene rings is 2. The summed E-state index contributed by atoms with van der Waals surface area (Å²) in [7, 11) is 1.69. The molecule has 166 valence electrons. The van der Waals surface area contributed by atoms with Crippen LogP contribution in [0.4, 0.5) is 0 Å². The van der Waals surface area contributed by atoms with E-state index in [1.165, 1.54) is 16.7 Å². The predicted molar refractivity (Wildman–Crippen MR) is 122 cm³/mol. The number of hydrogen-bond donors (Lipinski definition) is 1. The van der Waals surface area contributed by atoms with Crippen molar-refractivity contribution in [3.63, 3.8) is 0 Å². The van der Waals surface area contributed by atoms with Crippen LogP contribution in [0.25, 0.3) is 0 Å². The summed E-state index contributed by atoms with van der Waals surface area (Å²) in [6.45, 7) is 2.84. The number of likely N-dealkylation sites (tertiary alicyclic amines) is 1. The molecule has 5 rings (SSSR count). The molecule has 1 amide bonds. The third kappa shape index (κ3) is 4.55. The van der Waals surface area contributed by atoms with E-state index in [0.29, 0.717) is 5.76 Å². The highest BCUT2D eigenvalue weighted by atomic mass is 16.5. The number of nitrogens with zero attached hydrogens (tertiary/aromatic N) is 2. The highest BCUT2D eigenvalue weighted by molar-refractivity contribution is 5.91. The Kier molecular flexibility index (Phi) is 5.95. The summed E-state index contributed by atoms with van der Waals surface area (Å²) >= 11 is 0. The van der Waals surface area contributed by atoms with Crippen LogP contribution < -0.4 is 10.1 Å². The SMILES string of the molecule is COc1cccc(CN2CCCC(c3cc(C(=O)NC4Cc5ccccc5C4)on3)C2)c1. The van der Waals surface area contributed by atoms with E-state index in [1.54, 1.807) is 7.11 Å². The van der Waals surface area contributed by atoms with Gasteiger partial charge in [0.1, 0.15) is 5.75 Å². The zero-order valence-electron chi connectivity index (χ0n) is 18.4. The summed E-state index contributed by atoms with van der Waals surface area (Å²) in [6.07, 6.45) is 3.89. The van der Waals surface area contributed by atoms with Crippen molar-refractivity contribution in [2.24, 2.45) is 0 Å². The average molecular weight is 432 g/mol. The van der Waals surface area contributed by atoms with Crippen molar-refractivity contribution in [1.29, 1.82) is 0 Å². The first-order valence-electron chi connectivity index (χ1n) is 11.4. The number of piperidine rings is 1. The van der Waals surface area contributed by atoms with E-state index in [0.717, 1.165) is 56.8 Å². The maximum absolute atomic E-state index is 12.7. The minimum absolute atomic E-state index is 0.112. The van der Waals surface area contributed by atoms with Crippen molar-refractivity contribution < 1.29 is 14.1 Å². The Morgan fingerprint density at radius 2 is 1.97 bits per heavy atom. The first-order chi connectivity index (χ1) is 15.7. The zero-order valence-corrected chi connectivity index (χ0v) is 18.4. The van der Waals surface area contributed by atoms with Crippen molar-refractivity contribution in [3.8, 4) is 5.75 Å². The van der Waals surface area contributed by atoms with E-state index in [9.17, 15) is 4.79 Å². The molecule has 1 aromatic heterocycles. The first kappa shape index (κ1) is 20.8. The Balaban J connectivity index is 1.19. The minimum Gasteiger partial charge on any atom is -0.497 e.